The van der Waals surface area contributed by atoms with Crippen LogP contribution in [0.25, 0.3) is 11.6 Å². The quantitative estimate of drug-likeness (QED) is 0.878. The second kappa shape index (κ2) is 5.98. The molecule has 0 aliphatic carbocycles. The Morgan fingerprint density at radius 3 is 2.96 bits per heavy atom. The molecule has 0 spiro atoms. The van der Waals surface area contributed by atoms with Crippen LogP contribution < -0.4 is 4.72 Å². The van der Waals surface area contributed by atoms with Crippen molar-refractivity contribution >= 4 is 33.7 Å². The first-order valence-electron chi connectivity index (χ1n) is 6.92. The van der Waals surface area contributed by atoms with Gasteiger partial charge in [-0.05, 0) is 29.3 Å². The average molecular weight is 332 g/mol. The summed E-state index contributed by atoms with van der Waals surface area (Å²) < 4.78 is 26.9. The van der Waals surface area contributed by atoms with Gasteiger partial charge in [0.25, 0.3) is 0 Å². The largest absolute Gasteiger partial charge is 0.390 e. The summed E-state index contributed by atoms with van der Waals surface area (Å²) in [5.74, 6) is 0.673. The second-order valence-electron chi connectivity index (χ2n) is 5.24. The van der Waals surface area contributed by atoms with Crippen LogP contribution in [0.4, 0.5) is 5.69 Å². The highest BCUT2D eigenvalue weighted by atomic mass is 32.2. The van der Waals surface area contributed by atoms with Crippen molar-refractivity contribution in [1.29, 1.82) is 0 Å². The van der Waals surface area contributed by atoms with Gasteiger partial charge in [-0.25, -0.2) is 13.4 Å². The lowest BCUT2D eigenvalue weighted by atomic mass is 10.0. The fraction of sp³-hybridized carbons (Fsp3) is 0.200. The van der Waals surface area contributed by atoms with Gasteiger partial charge in [-0.3, -0.25) is 14.3 Å². The van der Waals surface area contributed by atoms with Crippen LogP contribution in [0.5, 0.6) is 0 Å². The summed E-state index contributed by atoms with van der Waals surface area (Å²) >= 11 is 0. The van der Waals surface area contributed by atoms with E-state index >= 15 is 0 Å². The molecule has 23 heavy (non-hydrogen) atoms. The monoisotopic (exact) mass is 332 g/mol. The Labute approximate surface area is 134 Å². The van der Waals surface area contributed by atoms with Crippen LogP contribution in [0.2, 0.25) is 0 Å². The molecule has 1 aromatic carbocycles. The molecule has 0 bridgehead atoms. The maximum absolute atomic E-state index is 11.4. The summed E-state index contributed by atoms with van der Waals surface area (Å²) in [6.45, 7) is 0.324. The fourth-order valence-electron chi connectivity index (χ4n) is 2.34. The Morgan fingerprint density at radius 2 is 2.22 bits per heavy atom. The van der Waals surface area contributed by atoms with Gasteiger partial charge in [-0.15, -0.1) is 0 Å². The number of hydrogen-bond donors (Lipinski definition) is 2. The van der Waals surface area contributed by atoms with Crippen LogP contribution in [0, 0.1) is 0 Å². The van der Waals surface area contributed by atoms with Crippen LogP contribution in [0.1, 0.15) is 17.1 Å². The molecular formula is C15H16N4O3S. The molecule has 1 aliphatic rings. The highest BCUT2D eigenvalue weighted by Crippen LogP contribution is 2.23. The first kappa shape index (κ1) is 15.4. The fourth-order valence-corrected chi connectivity index (χ4v) is 2.89. The van der Waals surface area contributed by atoms with Crippen molar-refractivity contribution in [1.82, 2.24) is 9.55 Å². The smallest absolute Gasteiger partial charge is 0.229 e. The number of benzene rings is 1. The Morgan fingerprint density at radius 1 is 1.39 bits per heavy atom. The van der Waals surface area contributed by atoms with Gasteiger partial charge in [-0.2, -0.15) is 0 Å². The first-order chi connectivity index (χ1) is 10.9. The Bertz CT molecular complexity index is 897. The Balaban J connectivity index is 1.98. The third-order valence-electron chi connectivity index (χ3n) is 3.28. The number of nitrogens with zero attached hydrogens (tertiary/aromatic N) is 3. The van der Waals surface area contributed by atoms with Crippen molar-refractivity contribution in [2.45, 2.75) is 6.61 Å². The van der Waals surface area contributed by atoms with Crippen LogP contribution >= 0.6 is 0 Å². The number of sulfonamides is 1. The SMILES string of the molecule is CS(=O)(=O)Nc1cccc(C2=Cc3nc(CO)cn3C=NC2)c1. The number of aliphatic hydroxyl groups excluding tert-OH is 1. The van der Waals surface area contributed by atoms with E-state index in [9.17, 15) is 13.5 Å². The molecule has 0 unspecified atom stereocenters. The van der Waals surface area contributed by atoms with Crippen LogP contribution in [0.15, 0.2) is 35.5 Å². The van der Waals surface area contributed by atoms with Crippen molar-refractivity contribution in [2.24, 2.45) is 4.99 Å². The maximum Gasteiger partial charge on any atom is 0.229 e. The predicted molar refractivity (Wildman–Crippen MR) is 89.7 cm³/mol. The summed E-state index contributed by atoms with van der Waals surface area (Å²) in [5.41, 5.74) is 2.83. The number of nitrogens with one attached hydrogen (secondary N) is 1. The van der Waals surface area contributed by atoms with Crippen LogP contribution in [-0.4, -0.2) is 42.2 Å². The van der Waals surface area contributed by atoms with E-state index in [1.807, 2.05) is 12.1 Å². The predicted octanol–water partition coefficient (Wildman–Crippen LogP) is 1.18. The van der Waals surface area contributed by atoms with Crippen molar-refractivity contribution in [3.05, 3.63) is 47.5 Å². The van der Waals surface area contributed by atoms with Gasteiger partial charge in [0, 0.05) is 11.9 Å². The second-order valence-corrected chi connectivity index (χ2v) is 6.99. The Kier molecular flexibility index (Phi) is 4.01. The molecule has 0 fully saturated rings. The molecule has 0 saturated heterocycles. The van der Waals surface area contributed by atoms with Crippen molar-refractivity contribution < 1.29 is 13.5 Å². The van der Waals surface area contributed by atoms with Gasteiger partial charge >= 0.3 is 0 Å². The molecule has 1 aromatic heterocycles. The van der Waals surface area contributed by atoms with Crippen molar-refractivity contribution in [3.8, 4) is 0 Å². The van der Waals surface area contributed by atoms with E-state index in [4.69, 9.17) is 0 Å². The number of aliphatic hydroxyl groups is 1. The van der Waals surface area contributed by atoms with E-state index in [1.54, 1.807) is 35.3 Å². The standard InChI is InChI=1S/C15H16N4O3S/c1-23(21,22)18-13-4-2-3-11(5-13)12-6-15-17-14(9-20)8-19(15)10-16-7-12/h2-6,8,10,18,20H,7,9H2,1H3. The van der Waals surface area contributed by atoms with E-state index in [-0.39, 0.29) is 6.61 Å². The molecule has 0 amide bonds. The number of anilines is 1. The van der Waals surface area contributed by atoms with Crippen molar-refractivity contribution in [3.63, 3.8) is 0 Å². The minimum Gasteiger partial charge on any atom is -0.390 e. The zero-order chi connectivity index (χ0) is 16.4. The van der Waals surface area contributed by atoms with Gasteiger partial charge in [0.2, 0.25) is 10.0 Å². The minimum atomic E-state index is -3.32. The van der Waals surface area contributed by atoms with E-state index < -0.39 is 10.0 Å². The lowest BCUT2D eigenvalue weighted by Crippen LogP contribution is -2.09. The molecule has 2 N–H and O–H groups in total. The highest BCUT2D eigenvalue weighted by molar-refractivity contribution is 7.92. The molecule has 8 heteroatoms. The highest BCUT2D eigenvalue weighted by Gasteiger charge is 2.11. The summed E-state index contributed by atoms with van der Waals surface area (Å²) in [5, 5.41) is 9.18. The van der Waals surface area contributed by atoms with Crippen LogP contribution in [-0.2, 0) is 16.6 Å². The molecule has 0 saturated carbocycles. The molecule has 1 aliphatic heterocycles. The van der Waals surface area contributed by atoms with E-state index in [1.165, 1.54) is 0 Å². The molecule has 0 radical (unpaired) electrons. The summed E-state index contributed by atoms with van der Waals surface area (Å²) in [7, 11) is -3.32. The number of aliphatic imine (C=N–C) groups is 1. The topological polar surface area (TPSA) is 96.6 Å². The van der Waals surface area contributed by atoms with Gasteiger partial charge in [0.15, 0.2) is 0 Å². The minimum absolute atomic E-state index is 0.134. The van der Waals surface area contributed by atoms with E-state index in [0.717, 1.165) is 17.4 Å². The molecule has 7 nitrogen and oxygen atoms in total. The molecular weight excluding hydrogens is 316 g/mol. The summed E-state index contributed by atoms with van der Waals surface area (Å²) in [6, 6.07) is 7.12. The number of imidazole rings is 1. The summed E-state index contributed by atoms with van der Waals surface area (Å²) in [6.07, 6.45) is 6.37. The number of rotatable bonds is 4. The lowest BCUT2D eigenvalue weighted by molar-refractivity contribution is 0.277. The molecule has 2 aromatic rings. The van der Waals surface area contributed by atoms with Gasteiger partial charge in [0.05, 0.1) is 31.4 Å². The molecule has 0 atom stereocenters. The Hall–Kier alpha value is -2.45. The first-order valence-corrected chi connectivity index (χ1v) is 8.81. The third-order valence-corrected chi connectivity index (χ3v) is 3.89. The normalized spacial score (nSPS) is 14.1. The zero-order valence-corrected chi connectivity index (χ0v) is 13.3. The van der Waals surface area contributed by atoms with Gasteiger partial charge in [0.1, 0.15) is 5.82 Å². The number of hydrogen-bond acceptors (Lipinski definition) is 5. The number of fused-ring (bicyclic) bond motifs is 1. The van der Waals surface area contributed by atoms with Crippen LogP contribution in [0.3, 0.4) is 0 Å². The van der Waals surface area contributed by atoms with E-state index in [0.29, 0.717) is 23.8 Å². The third kappa shape index (κ3) is 3.66. The maximum atomic E-state index is 11.4. The average Bonchev–Trinajstić information content (AvgIpc) is 2.77. The zero-order valence-electron chi connectivity index (χ0n) is 12.5. The van der Waals surface area contributed by atoms with E-state index in [2.05, 4.69) is 14.7 Å². The lowest BCUT2D eigenvalue weighted by Gasteiger charge is -2.08. The summed E-state index contributed by atoms with van der Waals surface area (Å²) in [4.78, 5) is 8.65. The van der Waals surface area contributed by atoms with Gasteiger partial charge < -0.3 is 5.11 Å². The van der Waals surface area contributed by atoms with Gasteiger partial charge in [-0.1, -0.05) is 12.1 Å². The number of aromatic nitrogens is 2. The molecule has 3 rings (SSSR count). The van der Waals surface area contributed by atoms with Crippen molar-refractivity contribution in [2.75, 3.05) is 17.5 Å². The molecule has 120 valence electrons. The molecule has 2 heterocycles.